The Bertz CT molecular complexity index is 698. The predicted molar refractivity (Wildman–Crippen MR) is 108 cm³/mol. The first-order valence-electron chi connectivity index (χ1n) is 7.77. The van der Waals surface area contributed by atoms with Gasteiger partial charge in [-0.3, -0.25) is 9.79 Å². The van der Waals surface area contributed by atoms with E-state index in [9.17, 15) is 4.79 Å². The molecule has 140 valence electrons. The number of nitrogens with one attached hydrogen (secondary N) is 1. The van der Waals surface area contributed by atoms with Crippen LogP contribution >= 0.6 is 11.8 Å². The minimum absolute atomic E-state index is 0.0462. The summed E-state index contributed by atoms with van der Waals surface area (Å²) in [4.78, 5) is 16.6. The van der Waals surface area contributed by atoms with Crippen molar-refractivity contribution in [2.75, 3.05) is 39.4 Å². The van der Waals surface area contributed by atoms with Crippen LogP contribution in [0.2, 0.25) is 0 Å². The van der Waals surface area contributed by atoms with E-state index < -0.39 is 0 Å². The number of carbonyl (C=O) groups is 1. The van der Waals surface area contributed by atoms with Crippen molar-refractivity contribution in [3.63, 3.8) is 0 Å². The van der Waals surface area contributed by atoms with Gasteiger partial charge in [-0.05, 0) is 6.26 Å². The summed E-state index contributed by atoms with van der Waals surface area (Å²) in [5, 5.41) is 10.6. The van der Waals surface area contributed by atoms with E-state index in [4.69, 9.17) is 14.6 Å². The van der Waals surface area contributed by atoms with Crippen LogP contribution in [0.15, 0.2) is 53.5 Å². The second kappa shape index (κ2) is 11.9. The number of benzene rings is 2. The first-order valence-corrected chi connectivity index (χ1v) is 9.00. The molecule has 0 radical (unpaired) electrons. The summed E-state index contributed by atoms with van der Waals surface area (Å²) in [6, 6.07) is 15.0. The van der Waals surface area contributed by atoms with Crippen LogP contribution in [-0.4, -0.2) is 50.2 Å². The Labute approximate surface area is 158 Å². The Morgan fingerprint density at radius 3 is 2.15 bits per heavy atom. The van der Waals surface area contributed by atoms with Crippen LogP contribution in [0, 0.1) is 0 Å². The van der Waals surface area contributed by atoms with Crippen LogP contribution in [0.3, 0.4) is 0 Å². The van der Waals surface area contributed by atoms with E-state index in [1.807, 2.05) is 36.6 Å². The highest BCUT2D eigenvalue weighted by atomic mass is 32.2. The fraction of sp³-hybridized carbons (Fsp3) is 0.263. The summed E-state index contributed by atoms with van der Waals surface area (Å²) in [5.41, 5.74) is 1.61. The lowest BCUT2D eigenvalue weighted by Crippen LogP contribution is -2.16. The van der Waals surface area contributed by atoms with E-state index >= 15 is 0 Å². The van der Waals surface area contributed by atoms with Gasteiger partial charge in [0.15, 0.2) is 0 Å². The molecular formula is C19H24N2O4S. The van der Waals surface area contributed by atoms with Gasteiger partial charge >= 0.3 is 0 Å². The molecule has 0 heterocycles. The first-order chi connectivity index (χ1) is 12.7. The molecule has 26 heavy (non-hydrogen) atoms. The minimum atomic E-state index is -0.201. The number of rotatable bonds is 6. The van der Waals surface area contributed by atoms with Crippen LogP contribution in [0.4, 0.5) is 5.69 Å². The van der Waals surface area contributed by atoms with Gasteiger partial charge in [0.05, 0.1) is 19.3 Å². The molecule has 2 aromatic rings. The first kappa shape index (κ1) is 21.5. The zero-order valence-corrected chi connectivity index (χ0v) is 16.2. The maximum Gasteiger partial charge on any atom is 0.246 e. The van der Waals surface area contributed by atoms with Crippen LogP contribution < -0.4 is 14.8 Å². The number of thioether (sulfide) groups is 1. The van der Waals surface area contributed by atoms with Crippen molar-refractivity contribution >= 4 is 28.4 Å². The molecule has 0 bridgehead atoms. The minimum Gasteiger partial charge on any atom is -0.497 e. The molecule has 0 aliphatic carbocycles. The highest BCUT2D eigenvalue weighted by molar-refractivity contribution is 8.13. The Morgan fingerprint density at radius 2 is 1.65 bits per heavy atom. The van der Waals surface area contributed by atoms with Crippen molar-refractivity contribution < 1.29 is 19.4 Å². The number of hydrogen-bond acceptors (Lipinski definition) is 6. The molecule has 2 aromatic carbocycles. The molecule has 0 atom stereocenters. The highest BCUT2D eigenvalue weighted by Crippen LogP contribution is 2.25. The molecule has 0 spiro atoms. The van der Waals surface area contributed by atoms with E-state index in [1.165, 1.54) is 11.8 Å². The number of hydrogen-bond donors (Lipinski definition) is 2. The van der Waals surface area contributed by atoms with Crippen molar-refractivity contribution in [1.29, 1.82) is 0 Å². The molecule has 0 unspecified atom stereocenters. The fourth-order valence-corrected chi connectivity index (χ4v) is 2.64. The lowest BCUT2D eigenvalue weighted by atomic mass is 10.2. The van der Waals surface area contributed by atoms with Gasteiger partial charge in [-0.1, -0.05) is 30.3 Å². The van der Waals surface area contributed by atoms with Gasteiger partial charge in [0.2, 0.25) is 5.91 Å². The second-order valence-electron chi connectivity index (χ2n) is 4.84. The molecule has 7 heteroatoms. The molecule has 0 fully saturated rings. The average Bonchev–Trinajstić information content (AvgIpc) is 2.70. The summed E-state index contributed by atoms with van der Waals surface area (Å²) < 4.78 is 10.4. The number of nitrogens with zero attached hydrogens (tertiary/aromatic N) is 1. The van der Waals surface area contributed by atoms with E-state index in [-0.39, 0.29) is 12.5 Å². The standard InChI is InChI=1S/C18H20N2O3S.CH4O/c1-22-15-9-14(10-16(11-15)23-2)20-17(21)12-19-18(24-3)13-7-5-4-6-8-13;1-2/h4-11H,12H2,1-3H3,(H,20,21);2H,1H3. The Morgan fingerprint density at radius 1 is 1.08 bits per heavy atom. The molecule has 2 N–H and O–H groups in total. The van der Waals surface area contributed by atoms with Crippen molar-refractivity contribution in [1.82, 2.24) is 0 Å². The van der Waals surface area contributed by atoms with Gasteiger partial charge in [0.25, 0.3) is 0 Å². The number of methoxy groups -OCH3 is 2. The topological polar surface area (TPSA) is 80.2 Å². The quantitative estimate of drug-likeness (QED) is 0.598. The number of amides is 1. The van der Waals surface area contributed by atoms with Crippen LogP contribution in [0.1, 0.15) is 5.56 Å². The Kier molecular flexibility index (Phi) is 9.89. The summed E-state index contributed by atoms with van der Waals surface area (Å²) in [5.74, 6) is 1.03. The second-order valence-corrected chi connectivity index (χ2v) is 5.64. The summed E-state index contributed by atoms with van der Waals surface area (Å²) in [7, 11) is 4.13. The smallest absolute Gasteiger partial charge is 0.246 e. The van der Waals surface area contributed by atoms with Gasteiger partial charge < -0.3 is 19.9 Å². The lowest BCUT2D eigenvalue weighted by Gasteiger charge is -2.09. The lowest BCUT2D eigenvalue weighted by molar-refractivity contribution is -0.114. The van der Waals surface area contributed by atoms with Gasteiger partial charge in [-0.2, -0.15) is 0 Å². The van der Waals surface area contributed by atoms with Crippen molar-refractivity contribution in [2.45, 2.75) is 0 Å². The maximum absolute atomic E-state index is 12.2. The normalized spacial score (nSPS) is 10.4. The summed E-state index contributed by atoms with van der Waals surface area (Å²) in [6.45, 7) is 0.0462. The number of aliphatic imine (C=N–C) groups is 1. The zero-order chi connectivity index (χ0) is 19.4. The van der Waals surface area contributed by atoms with Crippen LogP contribution in [-0.2, 0) is 4.79 Å². The van der Waals surface area contributed by atoms with Gasteiger partial charge in [-0.25, -0.2) is 0 Å². The monoisotopic (exact) mass is 376 g/mol. The molecule has 2 rings (SSSR count). The zero-order valence-electron chi connectivity index (χ0n) is 15.4. The van der Waals surface area contributed by atoms with Crippen LogP contribution in [0.5, 0.6) is 11.5 Å². The van der Waals surface area contributed by atoms with Crippen LogP contribution in [0.25, 0.3) is 0 Å². The predicted octanol–water partition coefficient (Wildman–Crippen LogP) is 3.06. The van der Waals surface area contributed by atoms with Crippen molar-refractivity contribution in [3.05, 3.63) is 54.1 Å². The largest absolute Gasteiger partial charge is 0.497 e. The SMILES string of the molecule is CO.COc1cc(NC(=O)CN=C(SC)c2ccccc2)cc(OC)c1. The third-order valence-corrected chi connectivity index (χ3v) is 3.97. The Hall–Kier alpha value is -2.51. The van der Waals surface area contributed by atoms with Gasteiger partial charge in [0, 0.05) is 36.6 Å². The van der Waals surface area contributed by atoms with Gasteiger partial charge in [-0.15, -0.1) is 11.8 Å². The number of aliphatic hydroxyl groups excluding tert-OH is 1. The third-order valence-electron chi connectivity index (χ3n) is 3.22. The Balaban J connectivity index is 0.00000163. The molecule has 0 saturated carbocycles. The number of carbonyl (C=O) groups excluding carboxylic acids is 1. The molecule has 0 aromatic heterocycles. The number of anilines is 1. The molecule has 0 saturated heterocycles. The molecule has 0 aliphatic heterocycles. The van der Waals surface area contributed by atoms with E-state index in [0.717, 1.165) is 17.7 Å². The molecule has 0 aliphatic rings. The third kappa shape index (κ3) is 6.78. The van der Waals surface area contributed by atoms with Crippen molar-refractivity contribution in [2.24, 2.45) is 4.99 Å². The van der Waals surface area contributed by atoms with E-state index in [1.54, 1.807) is 32.4 Å². The fourth-order valence-electron chi connectivity index (χ4n) is 2.08. The average molecular weight is 376 g/mol. The van der Waals surface area contributed by atoms with E-state index in [2.05, 4.69) is 10.3 Å². The molecule has 6 nitrogen and oxygen atoms in total. The number of aliphatic hydroxyl groups is 1. The maximum atomic E-state index is 12.2. The summed E-state index contributed by atoms with van der Waals surface area (Å²) in [6.07, 6.45) is 1.94. The number of ether oxygens (including phenoxy) is 2. The highest BCUT2D eigenvalue weighted by Gasteiger charge is 2.07. The molecule has 1 amide bonds. The van der Waals surface area contributed by atoms with Crippen molar-refractivity contribution in [3.8, 4) is 11.5 Å². The molecular weight excluding hydrogens is 352 g/mol. The van der Waals surface area contributed by atoms with E-state index in [0.29, 0.717) is 17.2 Å². The summed E-state index contributed by atoms with van der Waals surface area (Å²) >= 11 is 1.51. The van der Waals surface area contributed by atoms with Gasteiger partial charge in [0.1, 0.15) is 18.0 Å².